The fourth-order valence-corrected chi connectivity index (χ4v) is 2.76. The zero-order valence-electron chi connectivity index (χ0n) is 10.0. The van der Waals surface area contributed by atoms with Crippen LogP contribution >= 0.6 is 31.9 Å². The van der Waals surface area contributed by atoms with E-state index in [0.717, 1.165) is 26.0 Å². The SMILES string of the molecule is CNCc1cc(C)nc(-c2ncc(Br)cc2Br)n1. The van der Waals surface area contributed by atoms with E-state index in [4.69, 9.17) is 0 Å². The summed E-state index contributed by atoms with van der Waals surface area (Å²) in [7, 11) is 1.89. The molecule has 2 aromatic rings. The molecule has 0 bridgehead atoms. The molecule has 0 aliphatic rings. The number of aromatic nitrogens is 3. The lowest BCUT2D eigenvalue weighted by atomic mass is 10.3. The molecule has 0 saturated carbocycles. The van der Waals surface area contributed by atoms with Crippen LogP contribution < -0.4 is 5.32 Å². The lowest BCUT2D eigenvalue weighted by Crippen LogP contribution is -2.09. The normalized spacial score (nSPS) is 10.7. The smallest absolute Gasteiger partial charge is 0.179 e. The van der Waals surface area contributed by atoms with Crippen LogP contribution in [0.5, 0.6) is 0 Å². The molecule has 0 aliphatic heterocycles. The summed E-state index contributed by atoms with van der Waals surface area (Å²) in [6.45, 7) is 2.67. The highest BCUT2D eigenvalue weighted by atomic mass is 79.9. The maximum atomic E-state index is 4.50. The Labute approximate surface area is 123 Å². The van der Waals surface area contributed by atoms with Gasteiger partial charge in [-0.3, -0.25) is 4.98 Å². The predicted octanol–water partition coefficient (Wildman–Crippen LogP) is 3.09. The lowest BCUT2D eigenvalue weighted by Gasteiger charge is -2.07. The molecule has 0 saturated heterocycles. The minimum atomic E-state index is 0.639. The van der Waals surface area contributed by atoms with E-state index in [2.05, 4.69) is 52.1 Å². The Morgan fingerprint density at radius 2 is 2.00 bits per heavy atom. The molecule has 0 aliphatic carbocycles. The molecule has 0 fully saturated rings. The van der Waals surface area contributed by atoms with Gasteiger partial charge in [-0.25, -0.2) is 9.97 Å². The second kappa shape index (κ2) is 5.86. The highest BCUT2D eigenvalue weighted by Gasteiger charge is 2.10. The van der Waals surface area contributed by atoms with Gasteiger partial charge in [-0.2, -0.15) is 0 Å². The van der Waals surface area contributed by atoms with E-state index >= 15 is 0 Å². The van der Waals surface area contributed by atoms with Crippen LogP contribution in [-0.2, 0) is 6.54 Å². The monoisotopic (exact) mass is 370 g/mol. The van der Waals surface area contributed by atoms with Gasteiger partial charge in [0.25, 0.3) is 0 Å². The number of pyridine rings is 1. The zero-order chi connectivity index (χ0) is 13.1. The van der Waals surface area contributed by atoms with Crippen molar-refractivity contribution in [1.82, 2.24) is 20.3 Å². The van der Waals surface area contributed by atoms with Crippen LogP contribution in [0.1, 0.15) is 11.4 Å². The van der Waals surface area contributed by atoms with Crippen molar-refractivity contribution in [3.05, 3.63) is 38.7 Å². The summed E-state index contributed by atoms with van der Waals surface area (Å²) in [6.07, 6.45) is 1.74. The second-order valence-corrected chi connectivity index (χ2v) is 5.61. The van der Waals surface area contributed by atoms with Gasteiger partial charge in [0.05, 0.1) is 5.69 Å². The molecule has 2 rings (SSSR count). The summed E-state index contributed by atoms with van der Waals surface area (Å²) < 4.78 is 1.79. The minimum Gasteiger partial charge on any atom is -0.314 e. The van der Waals surface area contributed by atoms with Crippen LogP contribution in [0, 0.1) is 6.92 Å². The average molecular weight is 372 g/mol. The number of aryl methyl sites for hydroxylation is 1. The zero-order valence-corrected chi connectivity index (χ0v) is 13.2. The van der Waals surface area contributed by atoms with E-state index in [1.807, 2.05) is 26.1 Å². The van der Waals surface area contributed by atoms with E-state index in [0.29, 0.717) is 12.4 Å². The molecule has 0 amide bonds. The van der Waals surface area contributed by atoms with Gasteiger partial charge in [-0.15, -0.1) is 0 Å². The van der Waals surface area contributed by atoms with E-state index in [1.165, 1.54) is 0 Å². The third-order valence-corrected chi connectivity index (χ3v) is 3.32. The van der Waals surface area contributed by atoms with Crippen LogP contribution in [0.4, 0.5) is 0 Å². The van der Waals surface area contributed by atoms with E-state index in [1.54, 1.807) is 6.20 Å². The van der Waals surface area contributed by atoms with Gasteiger partial charge in [-0.05, 0) is 58.0 Å². The Morgan fingerprint density at radius 3 is 2.67 bits per heavy atom. The molecular weight excluding hydrogens is 360 g/mol. The topological polar surface area (TPSA) is 50.7 Å². The van der Waals surface area contributed by atoms with Crippen molar-refractivity contribution in [3.63, 3.8) is 0 Å². The molecule has 0 atom stereocenters. The molecule has 94 valence electrons. The third-order valence-electron chi connectivity index (χ3n) is 2.28. The first-order valence-electron chi connectivity index (χ1n) is 5.40. The number of hydrogen-bond acceptors (Lipinski definition) is 4. The van der Waals surface area contributed by atoms with E-state index in [-0.39, 0.29) is 0 Å². The first-order valence-corrected chi connectivity index (χ1v) is 6.99. The summed E-state index contributed by atoms with van der Waals surface area (Å²) in [6, 6.07) is 3.90. The highest BCUT2D eigenvalue weighted by Crippen LogP contribution is 2.26. The molecule has 0 unspecified atom stereocenters. The van der Waals surface area contributed by atoms with Crippen LogP contribution in [-0.4, -0.2) is 22.0 Å². The van der Waals surface area contributed by atoms with Crippen molar-refractivity contribution in [1.29, 1.82) is 0 Å². The van der Waals surface area contributed by atoms with Crippen molar-refractivity contribution >= 4 is 31.9 Å². The van der Waals surface area contributed by atoms with Gasteiger partial charge < -0.3 is 5.32 Å². The molecule has 2 heterocycles. The highest BCUT2D eigenvalue weighted by molar-refractivity contribution is 9.11. The quantitative estimate of drug-likeness (QED) is 0.900. The third kappa shape index (κ3) is 3.13. The summed E-state index contributed by atoms with van der Waals surface area (Å²) >= 11 is 6.86. The van der Waals surface area contributed by atoms with Crippen LogP contribution in [0.15, 0.2) is 27.3 Å². The summed E-state index contributed by atoms with van der Waals surface area (Å²) in [4.78, 5) is 13.3. The molecule has 0 spiro atoms. The van der Waals surface area contributed by atoms with E-state index in [9.17, 15) is 0 Å². The molecule has 4 nitrogen and oxygen atoms in total. The van der Waals surface area contributed by atoms with Gasteiger partial charge in [-0.1, -0.05) is 0 Å². The van der Waals surface area contributed by atoms with Gasteiger partial charge in [0, 0.05) is 27.4 Å². The molecule has 2 aromatic heterocycles. The summed E-state index contributed by atoms with van der Waals surface area (Å²) in [5.41, 5.74) is 2.64. The van der Waals surface area contributed by atoms with Crippen LogP contribution in [0.25, 0.3) is 11.5 Å². The molecule has 1 N–H and O–H groups in total. The number of halogens is 2. The molecule has 6 heteroatoms. The number of nitrogens with one attached hydrogen (secondary N) is 1. The van der Waals surface area contributed by atoms with Crippen molar-refractivity contribution in [2.24, 2.45) is 0 Å². The minimum absolute atomic E-state index is 0.639. The van der Waals surface area contributed by atoms with Crippen molar-refractivity contribution in [2.75, 3.05) is 7.05 Å². The van der Waals surface area contributed by atoms with Gasteiger partial charge in [0.15, 0.2) is 5.82 Å². The Morgan fingerprint density at radius 1 is 1.22 bits per heavy atom. The van der Waals surface area contributed by atoms with Crippen molar-refractivity contribution in [3.8, 4) is 11.5 Å². The number of rotatable bonds is 3. The lowest BCUT2D eigenvalue weighted by molar-refractivity contribution is 0.784. The Kier molecular flexibility index (Phi) is 4.42. The molecule has 0 radical (unpaired) electrons. The maximum absolute atomic E-state index is 4.50. The first kappa shape index (κ1) is 13.6. The predicted molar refractivity (Wildman–Crippen MR) is 78.2 cm³/mol. The van der Waals surface area contributed by atoms with Crippen LogP contribution in [0.3, 0.4) is 0 Å². The maximum Gasteiger partial charge on any atom is 0.179 e. The molecule has 0 aromatic carbocycles. The van der Waals surface area contributed by atoms with Gasteiger partial charge >= 0.3 is 0 Å². The average Bonchev–Trinajstić information content (AvgIpc) is 2.28. The van der Waals surface area contributed by atoms with Crippen LogP contribution in [0.2, 0.25) is 0 Å². The summed E-state index contributed by atoms with van der Waals surface area (Å²) in [5.74, 6) is 0.639. The van der Waals surface area contributed by atoms with Gasteiger partial charge in [0.1, 0.15) is 5.69 Å². The Hall–Kier alpha value is -0.850. The molecular formula is C12H12Br2N4. The number of nitrogens with zero attached hydrogens (tertiary/aromatic N) is 3. The molecule has 18 heavy (non-hydrogen) atoms. The first-order chi connectivity index (χ1) is 8.60. The second-order valence-electron chi connectivity index (χ2n) is 3.84. The Bertz CT molecular complexity index is 572. The van der Waals surface area contributed by atoms with E-state index < -0.39 is 0 Å². The number of hydrogen-bond donors (Lipinski definition) is 1. The summed E-state index contributed by atoms with van der Waals surface area (Å²) in [5, 5.41) is 3.08. The van der Waals surface area contributed by atoms with Crippen molar-refractivity contribution in [2.45, 2.75) is 13.5 Å². The van der Waals surface area contributed by atoms with Gasteiger partial charge in [0.2, 0.25) is 0 Å². The standard InChI is InChI=1S/C12H12Br2N4/c1-7-3-9(6-15-2)18-12(17-7)11-10(14)4-8(13)5-16-11/h3-5,15H,6H2,1-2H3. The van der Waals surface area contributed by atoms with Crippen molar-refractivity contribution < 1.29 is 0 Å². The fourth-order valence-electron chi connectivity index (χ4n) is 1.59. The largest absolute Gasteiger partial charge is 0.314 e. The Balaban J connectivity index is 2.49. The fraction of sp³-hybridized carbons (Fsp3) is 0.250.